The van der Waals surface area contributed by atoms with Crippen molar-refractivity contribution in [2.75, 3.05) is 12.4 Å². The number of anilines is 1. The maximum Gasteiger partial charge on any atom is 0.160 e. The van der Waals surface area contributed by atoms with Crippen LogP contribution in [-0.4, -0.2) is 12.2 Å². The van der Waals surface area contributed by atoms with Crippen molar-refractivity contribution in [2.24, 2.45) is 0 Å². The van der Waals surface area contributed by atoms with Crippen molar-refractivity contribution in [3.63, 3.8) is 0 Å². The normalized spacial score (nSPS) is 11.5. The van der Waals surface area contributed by atoms with Gasteiger partial charge in [-0.25, -0.2) is 0 Å². The van der Waals surface area contributed by atoms with Gasteiger partial charge in [0.1, 0.15) is 0 Å². The Bertz CT molecular complexity index is 690. The average Bonchev–Trinajstić information content (AvgIpc) is 2.49. The molecule has 0 saturated carbocycles. The molecular formula is C17H18N2O2. The van der Waals surface area contributed by atoms with Crippen LogP contribution in [0.5, 0.6) is 11.5 Å². The number of benzene rings is 2. The molecule has 1 unspecified atom stereocenters. The molecule has 4 nitrogen and oxygen atoms in total. The lowest BCUT2D eigenvalue weighted by Crippen LogP contribution is -2.08. The first-order chi connectivity index (χ1) is 10.0. The third-order valence-corrected chi connectivity index (χ3v) is 3.44. The van der Waals surface area contributed by atoms with Gasteiger partial charge in [0.15, 0.2) is 11.5 Å². The predicted octanol–water partition coefficient (Wildman–Crippen LogP) is 3.75. The first-order valence-corrected chi connectivity index (χ1v) is 6.69. The van der Waals surface area contributed by atoms with E-state index in [0.29, 0.717) is 11.3 Å². The monoisotopic (exact) mass is 282 g/mol. The van der Waals surface area contributed by atoms with Crippen molar-refractivity contribution in [1.82, 2.24) is 0 Å². The molecule has 4 heteroatoms. The molecule has 0 aliphatic heterocycles. The van der Waals surface area contributed by atoms with Gasteiger partial charge < -0.3 is 15.2 Å². The van der Waals surface area contributed by atoms with Crippen LogP contribution >= 0.6 is 0 Å². The van der Waals surface area contributed by atoms with Crippen LogP contribution < -0.4 is 10.1 Å². The van der Waals surface area contributed by atoms with E-state index in [-0.39, 0.29) is 11.8 Å². The summed E-state index contributed by atoms with van der Waals surface area (Å²) in [6.45, 7) is 4.01. The minimum absolute atomic E-state index is 0.0205. The van der Waals surface area contributed by atoms with Crippen molar-refractivity contribution >= 4 is 5.69 Å². The van der Waals surface area contributed by atoms with E-state index in [1.165, 1.54) is 7.11 Å². The first kappa shape index (κ1) is 14.7. The smallest absolute Gasteiger partial charge is 0.160 e. The molecule has 0 saturated heterocycles. The fourth-order valence-corrected chi connectivity index (χ4v) is 2.13. The highest BCUT2D eigenvalue weighted by molar-refractivity contribution is 5.56. The average molecular weight is 282 g/mol. The lowest BCUT2D eigenvalue weighted by Gasteiger charge is -2.18. The number of phenols is 1. The van der Waals surface area contributed by atoms with Crippen LogP contribution in [0.25, 0.3) is 0 Å². The summed E-state index contributed by atoms with van der Waals surface area (Å²) < 4.78 is 5.13. The van der Waals surface area contributed by atoms with Gasteiger partial charge in [-0.3, -0.25) is 0 Å². The number of hydrogen-bond donors (Lipinski definition) is 2. The summed E-state index contributed by atoms with van der Waals surface area (Å²) in [6, 6.07) is 13.0. The Hall–Kier alpha value is -2.67. The Labute approximate surface area is 124 Å². The molecule has 0 aromatic heterocycles. The van der Waals surface area contributed by atoms with Gasteiger partial charge in [0.2, 0.25) is 0 Å². The third kappa shape index (κ3) is 3.26. The minimum atomic E-state index is 0.0205. The lowest BCUT2D eigenvalue weighted by atomic mass is 10.1. The van der Waals surface area contributed by atoms with E-state index in [1.807, 2.05) is 32.0 Å². The van der Waals surface area contributed by atoms with Crippen LogP contribution in [0, 0.1) is 18.3 Å². The molecular weight excluding hydrogens is 264 g/mol. The molecule has 0 aliphatic carbocycles. The van der Waals surface area contributed by atoms with Crippen molar-refractivity contribution in [1.29, 1.82) is 5.26 Å². The van der Waals surface area contributed by atoms with Crippen molar-refractivity contribution in [3.8, 4) is 17.6 Å². The topological polar surface area (TPSA) is 65.3 Å². The molecule has 21 heavy (non-hydrogen) atoms. The Morgan fingerprint density at radius 2 is 2.00 bits per heavy atom. The Balaban J connectivity index is 2.26. The second kappa shape index (κ2) is 6.19. The van der Waals surface area contributed by atoms with E-state index in [0.717, 1.165) is 16.8 Å². The number of rotatable bonds is 4. The van der Waals surface area contributed by atoms with Crippen molar-refractivity contribution in [2.45, 2.75) is 19.9 Å². The molecule has 0 heterocycles. The van der Waals surface area contributed by atoms with Crippen molar-refractivity contribution in [3.05, 3.63) is 53.1 Å². The second-order valence-electron chi connectivity index (χ2n) is 4.94. The van der Waals surface area contributed by atoms with Gasteiger partial charge in [-0.2, -0.15) is 5.26 Å². The van der Waals surface area contributed by atoms with Crippen LogP contribution in [0.4, 0.5) is 5.69 Å². The quantitative estimate of drug-likeness (QED) is 0.896. The SMILES string of the molecule is COc1cc(C(C)Nc2cc(C#N)ccc2C)ccc1O. The van der Waals surface area contributed by atoms with E-state index in [1.54, 1.807) is 18.2 Å². The fraction of sp³-hybridized carbons (Fsp3) is 0.235. The molecule has 0 amide bonds. The van der Waals surface area contributed by atoms with E-state index < -0.39 is 0 Å². The maximum absolute atomic E-state index is 9.64. The molecule has 2 aromatic carbocycles. The second-order valence-corrected chi connectivity index (χ2v) is 4.94. The van der Waals surface area contributed by atoms with E-state index >= 15 is 0 Å². The molecule has 0 radical (unpaired) electrons. The summed E-state index contributed by atoms with van der Waals surface area (Å²) in [5.74, 6) is 0.569. The number of nitrogens with one attached hydrogen (secondary N) is 1. The van der Waals surface area contributed by atoms with Gasteiger partial charge in [0, 0.05) is 11.7 Å². The molecule has 0 aliphatic rings. The number of nitrogens with zero attached hydrogens (tertiary/aromatic N) is 1. The number of phenolic OH excluding ortho intramolecular Hbond substituents is 1. The molecule has 2 rings (SSSR count). The standard InChI is InChI=1S/C17H18N2O2/c1-11-4-5-13(10-18)8-15(11)19-12(2)14-6-7-16(20)17(9-14)21-3/h4-9,12,19-20H,1-3H3. The molecule has 108 valence electrons. The number of aryl methyl sites for hydroxylation is 1. The maximum atomic E-state index is 9.64. The molecule has 0 bridgehead atoms. The zero-order valence-corrected chi connectivity index (χ0v) is 12.3. The fourth-order valence-electron chi connectivity index (χ4n) is 2.13. The first-order valence-electron chi connectivity index (χ1n) is 6.69. The molecule has 0 spiro atoms. The van der Waals surface area contributed by atoms with E-state index in [2.05, 4.69) is 11.4 Å². The summed E-state index contributed by atoms with van der Waals surface area (Å²) in [4.78, 5) is 0. The zero-order valence-electron chi connectivity index (χ0n) is 12.3. The largest absolute Gasteiger partial charge is 0.504 e. The number of ether oxygens (including phenoxy) is 1. The summed E-state index contributed by atoms with van der Waals surface area (Å²) >= 11 is 0. The summed E-state index contributed by atoms with van der Waals surface area (Å²) in [7, 11) is 1.53. The van der Waals surface area contributed by atoms with Gasteiger partial charge in [0.25, 0.3) is 0 Å². The third-order valence-electron chi connectivity index (χ3n) is 3.44. The highest BCUT2D eigenvalue weighted by atomic mass is 16.5. The highest BCUT2D eigenvalue weighted by Gasteiger charge is 2.10. The number of nitriles is 1. The summed E-state index contributed by atoms with van der Waals surface area (Å²) in [5.41, 5.74) is 3.62. The predicted molar refractivity (Wildman–Crippen MR) is 82.6 cm³/mol. The van der Waals surface area contributed by atoms with Gasteiger partial charge in [-0.1, -0.05) is 12.1 Å². The Morgan fingerprint density at radius 1 is 1.24 bits per heavy atom. The van der Waals surface area contributed by atoms with Gasteiger partial charge in [0.05, 0.1) is 18.7 Å². The number of hydrogen-bond acceptors (Lipinski definition) is 4. The van der Waals surface area contributed by atoms with E-state index in [9.17, 15) is 5.11 Å². The number of methoxy groups -OCH3 is 1. The van der Waals surface area contributed by atoms with Gasteiger partial charge >= 0.3 is 0 Å². The zero-order chi connectivity index (χ0) is 15.4. The summed E-state index contributed by atoms with van der Waals surface area (Å²) in [5, 5.41) is 22.0. The van der Waals surface area contributed by atoms with Gasteiger partial charge in [-0.15, -0.1) is 0 Å². The van der Waals surface area contributed by atoms with Crippen LogP contribution in [-0.2, 0) is 0 Å². The Kier molecular flexibility index (Phi) is 4.34. The molecule has 1 atom stereocenters. The van der Waals surface area contributed by atoms with Crippen LogP contribution in [0.1, 0.15) is 29.7 Å². The minimum Gasteiger partial charge on any atom is -0.504 e. The highest BCUT2D eigenvalue weighted by Crippen LogP contribution is 2.30. The number of aromatic hydroxyl groups is 1. The van der Waals surface area contributed by atoms with Gasteiger partial charge in [-0.05, 0) is 49.2 Å². The molecule has 2 N–H and O–H groups in total. The van der Waals surface area contributed by atoms with Crippen molar-refractivity contribution < 1.29 is 9.84 Å². The lowest BCUT2D eigenvalue weighted by molar-refractivity contribution is 0.373. The molecule has 0 fully saturated rings. The Morgan fingerprint density at radius 3 is 2.67 bits per heavy atom. The summed E-state index contributed by atoms with van der Waals surface area (Å²) in [6.07, 6.45) is 0. The van der Waals surface area contributed by atoms with E-state index in [4.69, 9.17) is 10.00 Å². The van der Waals surface area contributed by atoms with Crippen LogP contribution in [0.2, 0.25) is 0 Å². The van der Waals surface area contributed by atoms with Crippen LogP contribution in [0.15, 0.2) is 36.4 Å². The van der Waals surface area contributed by atoms with Crippen LogP contribution in [0.3, 0.4) is 0 Å². The molecule has 2 aromatic rings.